The van der Waals surface area contributed by atoms with Gasteiger partial charge in [-0.2, -0.15) is 16.4 Å². The van der Waals surface area contributed by atoms with Crippen molar-refractivity contribution in [3.8, 4) is 0 Å². The lowest BCUT2D eigenvalue weighted by molar-refractivity contribution is -0.00440. The van der Waals surface area contributed by atoms with Gasteiger partial charge in [-0.25, -0.2) is 4.79 Å². The molecule has 0 radical (unpaired) electrons. The number of urea groups is 1. The fourth-order valence-electron chi connectivity index (χ4n) is 0.833. The summed E-state index contributed by atoms with van der Waals surface area (Å²) in [6, 6.07) is 0.993. The lowest BCUT2D eigenvalue weighted by atomic mass is 10.3. The summed E-state index contributed by atoms with van der Waals surface area (Å²) in [6.45, 7) is 1.60. The van der Waals surface area contributed by atoms with Crippen LogP contribution in [0.15, 0.2) is 22.5 Å². The van der Waals surface area contributed by atoms with Crippen molar-refractivity contribution in [1.82, 2.24) is 5.06 Å². The van der Waals surface area contributed by atoms with Crippen LogP contribution < -0.4 is 5.73 Å². The molecular weight excluding hydrogens is 188 g/mol. The Labute approximate surface area is 79.9 Å². The molecule has 3 N–H and O–H groups in total. The van der Waals surface area contributed by atoms with Gasteiger partial charge in [0.05, 0.1) is 0 Å². The number of nitrogens with zero attached hydrogens (tertiary/aromatic N) is 1. The van der Waals surface area contributed by atoms with Crippen LogP contribution in [0.1, 0.15) is 12.5 Å². The van der Waals surface area contributed by atoms with E-state index in [1.54, 1.807) is 24.3 Å². The Hall–Kier alpha value is -1.33. The standard InChI is InChI=1S/C8H10N2O2S/c1-6(10(12)8(9)11)4-7-2-3-13-5-7/h2-5,12H,1H3,(H2,9,11)/b6-4-. The number of carbonyl (C=O) groups is 1. The summed E-state index contributed by atoms with van der Waals surface area (Å²) in [7, 11) is 0. The number of nitrogens with two attached hydrogens (primary N) is 1. The fourth-order valence-corrected chi connectivity index (χ4v) is 1.45. The second-order valence-corrected chi connectivity index (χ2v) is 3.27. The normalized spacial score (nSPS) is 11.4. The molecule has 5 heteroatoms. The zero-order valence-corrected chi connectivity index (χ0v) is 7.91. The third-order valence-corrected chi connectivity index (χ3v) is 2.16. The molecule has 0 spiro atoms. The van der Waals surface area contributed by atoms with Crippen LogP contribution in [-0.4, -0.2) is 16.3 Å². The van der Waals surface area contributed by atoms with E-state index in [1.165, 1.54) is 0 Å². The highest BCUT2D eigenvalue weighted by molar-refractivity contribution is 7.08. The van der Waals surface area contributed by atoms with Crippen LogP contribution in [0.4, 0.5) is 4.79 Å². The zero-order chi connectivity index (χ0) is 9.84. The molecular formula is C8H10N2O2S. The summed E-state index contributed by atoms with van der Waals surface area (Å²) in [5.41, 5.74) is 6.19. The molecule has 4 nitrogen and oxygen atoms in total. The number of carbonyl (C=O) groups excluding carboxylic acids is 1. The van der Waals surface area contributed by atoms with Crippen LogP contribution >= 0.6 is 11.3 Å². The SMILES string of the molecule is C/C(=C/c1ccsc1)N(O)C(N)=O. The molecule has 1 rings (SSSR count). The van der Waals surface area contributed by atoms with Gasteiger partial charge in [0.2, 0.25) is 0 Å². The number of allylic oxidation sites excluding steroid dienone is 1. The molecule has 0 aliphatic carbocycles. The van der Waals surface area contributed by atoms with Crippen molar-refractivity contribution in [2.45, 2.75) is 6.92 Å². The Morgan fingerprint density at radius 2 is 2.46 bits per heavy atom. The summed E-state index contributed by atoms with van der Waals surface area (Å²) in [4.78, 5) is 10.5. The van der Waals surface area contributed by atoms with E-state index >= 15 is 0 Å². The highest BCUT2D eigenvalue weighted by atomic mass is 32.1. The Morgan fingerprint density at radius 3 is 2.92 bits per heavy atom. The van der Waals surface area contributed by atoms with Gasteiger partial charge in [0.15, 0.2) is 0 Å². The number of hydrogen-bond acceptors (Lipinski definition) is 3. The van der Waals surface area contributed by atoms with Gasteiger partial charge >= 0.3 is 6.03 Å². The maximum Gasteiger partial charge on any atom is 0.343 e. The van der Waals surface area contributed by atoms with Crippen molar-refractivity contribution < 1.29 is 10.0 Å². The van der Waals surface area contributed by atoms with Gasteiger partial charge in [0.1, 0.15) is 0 Å². The van der Waals surface area contributed by atoms with Crippen molar-refractivity contribution in [2.75, 3.05) is 0 Å². The average molecular weight is 198 g/mol. The first-order valence-electron chi connectivity index (χ1n) is 3.60. The van der Waals surface area contributed by atoms with Crippen LogP contribution in [0, 0.1) is 0 Å². The summed E-state index contributed by atoms with van der Waals surface area (Å²) in [6.07, 6.45) is 1.67. The summed E-state index contributed by atoms with van der Waals surface area (Å²) < 4.78 is 0. The molecule has 2 amide bonds. The monoisotopic (exact) mass is 198 g/mol. The molecule has 70 valence electrons. The predicted molar refractivity (Wildman–Crippen MR) is 51.2 cm³/mol. The highest BCUT2D eigenvalue weighted by Gasteiger charge is 2.06. The van der Waals surface area contributed by atoms with Crippen molar-refractivity contribution in [1.29, 1.82) is 0 Å². The molecule has 0 aromatic carbocycles. The molecule has 1 heterocycles. The number of primary amides is 1. The van der Waals surface area contributed by atoms with Crippen molar-refractivity contribution in [3.63, 3.8) is 0 Å². The van der Waals surface area contributed by atoms with E-state index in [-0.39, 0.29) is 0 Å². The van der Waals surface area contributed by atoms with E-state index in [2.05, 4.69) is 0 Å². The third kappa shape index (κ3) is 2.57. The molecule has 1 aromatic heterocycles. The first-order valence-corrected chi connectivity index (χ1v) is 4.54. The predicted octanol–water partition coefficient (Wildman–Crippen LogP) is 1.88. The summed E-state index contributed by atoms with van der Waals surface area (Å²) in [5.74, 6) is 0. The minimum Gasteiger partial charge on any atom is -0.349 e. The Kier molecular flexibility index (Phi) is 3.05. The summed E-state index contributed by atoms with van der Waals surface area (Å²) >= 11 is 1.54. The smallest absolute Gasteiger partial charge is 0.343 e. The van der Waals surface area contributed by atoms with Crippen LogP contribution in [0.5, 0.6) is 0 Å². The van der Waals surface area contributed by atoms with E-state index < -0.39 is 6.03 Å². The Bertz CT molecular complexity index is 319. The Balaban J connectivity index is 2.78. The topological polar surface area (TPSA) is 66.6 Å². The van der Waals surface area contributed by atoms with Crippen LogP contribution in [0.25, 0.3) is 6.08 Å². The summed E-state index contributed by atoms with van der Waals surface area (Å²) in [5, 5.41) is 13.3. The molecule has 0 saturated carbocycles. The number of rotatable bonds is 2. The van der Waals surface area contributed by atoms with Crippen LogP contribution in [0.3, 0.4) is 0 Å². The van der Waals surface area contributed by atoms with Gasteiger partial charge in [-0.1, -0.05) is 0 Å². The second-order valence-electron chi connectivity index (χ2n) is 2.49. The van der Waals surface area contributed by atoms with Gasteiger partial charge in [0, 0.05) is 5.70 Å². The maximum absolute atomic E-state index is 10.5. The van der Waals surface area contributed by atoms with E-state index in [1.807, 2.05) is 16.8 Å². The second kappa shape index (κ2) is 4.06. The molecule has 0 saturated heterocycles. The maximum atomic E-state index is 10.5. The Morgan fingerprint density at radius 1 is 1.77 bits per heavy atom. The van der Waals surface area contributed by atoms with Crippen LogP contribution in [0.2, 0.25) is 0 Å². The van der Waals surface area contributed by atoms with E-state index in [0.29, 0.717) is 10.8 Å². The first kappa shape index (κ1) is 9.76. The van der Waals surface area contributed by atoms with Crippen molar-refractivity contribution >= 4 is 23.4 Å². The average Bonchev–Trinajstić information content (AvgIpc) is 2.55. The fraction of sp³-hybridized carbons (Fsp3) is 0.125. The van der Waals surface area contributed by atoms with Crippen molar-refractivity contribution in [2.24, 2.45) is 5.73 Å². The molecule has 0 atom stereocenters. The van der Waals surface area contributed by atoms with Gasteiger partial charge in [-0.05, 0) is 35.4 Å². The molecule has 0 aliphatic rings. The third-order valence-electron chi connectivity index (χ3n) is 1.46. The van der Waals surface area contributed by atoms with E-state index in [0.717, 1.165) is 5.56 Å². The largest absolute Gasteiger partial charge is 0.349 e. The van der Waals surface area contributed by atoms with Gasteiger partial charge < -0.3 is 5.73 Å². The van der Waals surface area contributed by atoms with Gasteiger partial charge in [0.25, 0.3) is 0 Å². The number of thiophene rings is 1. The number of hydrogen-bond donors (Lipinski definition) is 2. The number of hydroxylamine groups is 2. The lowest BCUT2D eigenvalue weighted by Crippen LogP contribution is -2.30. The first-order chi connectivity index (χ1) is 6.11. The highest BCUT2D eigenvalue weighted by Crippen LogP contribution is 2.12. The zero-order valence-electron chi connectivity index (χ0n) is 7.10. The molecule has 1 aromatic rings. The molecule has 13 heavy (non-hydrogen) atoms. The minimum atomic E-state index is -0.885. The molecule has 0 aliphatic heterocycles. The molecule has 0 fully saturated rings. The van der Waals surface area contributed by atoms with E-state index in [9.17, 15) is 4.79 Å². The molecule has 0 bridgehead atoms. The lowest BCUT2D eigenvalue weighted by Gasteiger charge is -2.11. The molecule has 0 unspecified atom stereocenters. The quantitative estimate of drug-likeness (QED) is 0.562. The van der Waals surface area contributed by atoms with Crippen molar-refractivity contribution in [3.05, 3.63) is 28.1 Å². The van der Waals surface area contributed by atoms with E-state index in [4.69, 9.17) is 10.9 Å². The minimum absolute atomic E-state index is 0.394. The van der Waals surface area contributed by atoms with Crippen LogP contribution in [-0.2, 0) is 0 Å². The van der Waals surface area contributed by atoms with Gasteiger partial charge in [-0.15, -0.1) is 0 Å². The number of amides is 2. The van der Waals surface area contributed by atoms with Gasteiger partial charge in [-0.3, -0.25) is 5.21 Å².